The van der Waals surface area contributed by atoms with Gasteiger partial charge in [-0.25, -0.2) is 0 Å². The van der Waals surface area contributed by atoms with E-state index in [2.05, 4.69) is 12.1 Å². The van der Waals surface area contributed by atoms with Crippen LogP contribution in [0.3, 0.4) is 0 Å². The predicted octanol–water partition coefficient (Wildman–Crippen LogP) is 2.58. The van der Waals surface area contributed by atoms with Crippen molar-refractivity contribution in [3.8, 4) is 0 Å². The van der Waals surface area contributed by atoms with Gasteiger partial charge in [-0.3, -0.25) is 0 Å². The molecule has 0 aliphatic carbocycles. The Hall–Kier alpha value is -1.15. The molecule has 1 aromatic rings. The number of benzene rings is 1. The summed E-state index contributed by atoms with van der Waals surface area (Å²) >= 11 is 0. The van der Waals surface area contributed by atoms with Gasteiger partial charge in [0.15, 0.2) is 0 Å². The lowest BCUT2D eigenvalue weighted by atomic mass is 9.93. The van der Waals surface area contributed by atoms with Gasteiger partial charge in [-0.2, -0.15) is 0 Å². The normalized spacial score (nSPS) is 21.9. The van der Waals surface area contributed by atoms with Gasteiger partial charge in [0.05, 0.1) is 6.61 Å². The minimum Gasteiger partial charge on any atom is -0.381 e. The second-order valence-corrected chi connectivity index (χ2v) is 3.73. The summed E-state index contributed by atoms with van der Waals surface area (Å²) in [7, 11) is 0. The Kier molecular flexibility index (Phi) is 2.94. The first-order chi connectivity index (χ1) is 6.90. The third kappa shape index (κ3) is 2.02. The van der Waals surface area contributed by atoms with E-state index in [0.717, 1.165) is 25.2 Å². The fourth-order valence-corrected chi connectivity index (χ4v) is 1.87. The molecule has 1 heterocycles. The van der Waals surface area contributed by atoms with Gasteiger partial charge in [0, 0.05) is 18.7 Å². The molecule has 2 nitrogen and oxygen atoms in total. The molecule has 0 aromatic heterocycles. The topological polar surface area (TPSA) is 33.1 Å². The van der Waals surface area contributed by atoms with Crippen molar-refractivity contribution in [1.82, 2.24) is 0 Å². The first kappa shape index (κ1) is 9.41. The van der Waals surface area contributed by atoms with Gasteiger partial charge >= 0.3 is 0 Å². The van der Waals surface area contributed by atoms with Gasteiger partial charge in [-0.05, 0) is 24.0 Å². The zero-order chi connectivity index (χ0) is 9.80. The highest BCUT2D eigenvalue weighted by atomic mass is 16.5. The molecule has 0 bridgehead atoms. The van der Waals surface area contributed by atoms with Crippen molar-refractivity contribution in [3.05, 3.63) is 35.4 Å². The Morgan fingerprint density at radius 2 is 2.07 bits per heavy atom. The Balaban J connectivity index is 2.11. The van der Waals surface area contributed by atoms with Crippen LogP contribution >= 0.6 is 0 Å². The standard InChI is InChI=1S/C12H15NO/c13-8-10-3-5-11(6-4-10)12-2-1-7-14-9-12/h3-6,8,12-13H,1-2,7,9H2/t12-/m0/s1. The molecular formula is C12H15NO. The highest BCUT2D eigenvalue weighted by Crippen LogP contribution is 2.25. The van der Waals surface area contributed by atoms with Gasteiger partial charge in [0.2, 0.25) is 0 Å². The molecule has 0 amide bonds. The molecule has 1 saturated heterocycles. The van der Waals surface area contributed by atoms with E-state index in [1.165, 1.54) is 18.2 Å². The van der Waals surface area contributed by atoms with Crippen molar-refractivity contribution in [2.75, 3.05) is 13.2 Å². The molecule has 1 aliphatic rings. The molecule has 1 atom stereocenters. The van der Waals surface area contributed by atoms with Crippen LogP contribution in [0.25, 0.3) is 0 Å². The molecule has 1 fully saturated rings. The summed E-state index contributed by atoms with van der Waals surface area (Å²) in [6.45, 7) is 1.76. The van der Waals surface area contributed by atoms with E-state index < -0.39 is 0 Å². The van der Waals surface area contributed by atoms with E-state index in [-0.39, 0.29) is 0 Å². The maximum Gasteiger partial charge on any atom is 0.0534 e. The minimum absolute atomic E-state index is 0.559. The lowest BCUT2D eigenvalue weighted by molar-refractivity contribution is 0.0804. The fourth-order valence-electron chi connectivity index (χ4n) is 1.87. The molecule has 0 spiro atoms. The number of rotatable bonds is 2. The zero-order valence-corrected chi connectivity index (χ0v) is 8.20. The maximum atomic E-state index is 7.11. The van der Waals surface area contributed by atoms with E-state index in [1.54, 1.807) is 0 Å². The molecule has 2 rings (SSSR count). The highest BCUT2D eigenvalue weighted by Gasteiger charge is 2.15. The molecule has 14 heavy (non-hydrogen) atoms. The summed E-state index contributed by atoms with van der Waals surface area (Å²) < 4.78 is 5.45. The van der Waals surface area contributed by atoms with Gasteiger partial charge in [-0.15, -0.1) is 0 Å². The third-order valence-electron chi connectivity index (χ3n) is 2.73. The average molecular weight is 189 g/mol. The average Bonchev–Trinajstić information content (AvgIpc) is 2.30. The van der Waals surface area contributed by atoms with Crippen LogP contribution in [0, 0.1) is 5.41 Å². The second-order valence-electron chi connectivity index (χ2n) is 3.73. The van der Waals surface area contributed by atoms with Crippen LogP contribution in [-0.2, 0) is 4.74 Å². The second kappa shape index (κ2) is 4.38. The van der Waals surface area contributed by atoms with Crippen LogP contribution in [0.5, 0.6) is 0 Å². The summed E-state index contributed by atoms with van der Waals surface area (Å²) in [6.07, 6.45) is 3.77. The summed E-state index contributed by atoms with van der Waals surface area (Å²) in [5, 5.41) is 7.11. The SMILES string of the molecule is N=Cc1ccc([C@H]2CCCOC2)cc1. The monoisotopic (exact) mass is 189 g/mol. The Morgan fingerprint density at radius 1 is 1.29 bits per heavy atom. The summed E-state index contributed by atoms with van der Waals surface area (Å²) in [5.41, 5.74) is 2.31. The fraction of sp³-hybridized carbons (Fsp3) is 0.417. The van der Waals surface area contributed by atoms with E-state index in [4.69, 9.17) is 10.1 Å². The van der Waals surface area contributed by atoms with Crippen LogP contribution in [0.15, 0.2) is 24.3 Å². The molecule has 2 heteroatoms. The van der Waals surface area contributed by atoms with Crippen LogP contribution in [0.4, 0.5) is 0 Å². The molecule has 0 saturated carbocycles. The Labute approximate surface area is 84.4 Å². The summed E-state index contributed by atoms with van der Waals surface area (Å²) in [4.78, 5) is 0. The largest absolute Gasteiger partial charge is 0.381 e. The third-order valence-corrected chi connectivity index (χ3v) is 2.73. The summed E-state index contributed by atoms with van der Waals surface area (Å²) in [6, 6.07) is 8.22. The first-order valence-electron chi connectivity index (χ1n) is 5.08. The van der Waals surface area contributed by atoms with Crippen molar-refractivity contribution in [2.24, 2.45) is 0 Å². The van der Waals surface area contributed by atoms with Crippen LogP contribution in [0.1, 0.15) is 29.9 Å². The molecule has 1 N–H and O–H groups in total. The van der Waals surface area contributed by atoms with Crippen LogP contribution in [-0.4, -0.2) is 19.4 Å². The lowest BCUT2D eigenvalue weighted by Crippen LogP contribution is -2.15. The molecular weight excluding hydrogens is 174 g/mol. The lowest BCUT2D eigenvalue weighted by Gasteiger charge is -2.22. The van der Waals surface area contributed by atoms with Gasteiger partial charge in [0.25, 0.3) is 0 Å². The maximum absolute atomic E-state index is 7.11. The van der Waals surface area contributed by atoms with Crippen molar-refractivity contribution < 1.29 is 4.74 Å². The molecule has 74 valence electrons. The molecule has 0 radical (unpaired) electrons. The molecule has 1 aromatic carbocycles. The van der Waals surface area contributed by atoms with Crippen molar-refractivity contribution >= 4 is 6.21 Å². The van der Waals surface area contributed by atoms with E-state index in [0.29, 0.717) is 5.92 Å². The number of hydrogen-bond acceptors (Lipinski definition) is 2. The Bertz CT molecular complexity index is 299. The van der Waals surface area contributed by atoms with E-state index in [1.807, 2.05) is 12.1 Å². The number of ether oxygens (including phenoxy) is 1. The summed E-state index contributed by atoms with van der Waals surface area (Å²) in [5.74, 6) is 0.559. The van der Waals surface area contributed by atoms with Crippen molar-refractivity contribution in [1.29, 1.82) is 5.41 Å². The van der Waals surface area contributed by atoms with Crippen LogP contribution in [0.2, 0.25) is 0 Å². The van der Waals surface area contributed by atoms with E-state index in [9.17, 15) is 0 Å². The first-order valence-corrected chi connectivity index (χ1v) is 5.08. The Morgan fingerprint density at radius 3 is 2.64 bits per heavy atom. The number of nitrogens with one attached hydrogen (secondary N) is 1. The quantitative estimate of drug-likeness (QED) is 0.713. The zero-order valence-electron chi connectivity index (χ0n) is 8.20. The van der Waals surface area contributed by atoms with Gasteiger partial charge in [-0.1, -0.05) is 24.3 Å². The van der Waals surface area contributed by atoms with Gasteiger partial charge in [0.1, 0.15) is 0 Å². The van der Waals surface area contributed by atoms with E-state index >= 15 is 0 Å². The minimum atomic E-state index is 0.559. The van der Waals surface area contributed by atoms with Crippen molar-refractivity contribution in [3.63, 3.8) is 0 Å². The molecule has 0 unspecified atom stereocenters. The number of hydrogen-bond donors (Lipinski definition) is 1. The smallest absolute Gasteiger partial charge is 0.0534 e. The molecule has 1 aliphatic heterocycles. The van der Waals surface area contributed by atoms with Crippen LogP contribution < -0.4 is 0 Å². The van der Waals surface area contributed by atoms with Gasteiger partial charge < -0.3 is 10.1 Å². The highest BCUT2D eigenvalue weighted by molar-refractivity contribution is 5.76. The van der Waals surface area contributed by atoms with Crippen molar-refractivity contribution in [2.45, 2.75) is 18.8 Å². The predicted molar refractivity (Wildman–Crippen MR) is 57.1 cm³/mol.